The largest absolute Gasteiger partial charge is 0.463 e. The highest BCUT2D eigenvalue weighted by Crippen LogP contribution is 2.15. The van der Waals surface area contributed by atoms with Crippen LogP contribution in [0.1, 0.15) is 37.8 Å². The second-order valence-corrected chi connectivity index (χ2v) is 5.19. The molecule has 0 heterocycles. The van der Waals surface area contributed by atoms with Crippen molar-refractivity contribution >= 4 is 36.7 Å². The predicted molar refractivity (Wildman–Crippen MR) is 97.0 cm³/mol. The summed E-state index contributed by atoms with van der Waals surface area (Å²) in [6.45, 7) is 3.84. The second kappa shape index (κ2) is 11.5. The molecule has 0 saturated carbocycles. The monoisotopic (exact) mass is 358 g/mol. The fraction of sp³-hybridized carbons (Fsp3) is 0.300. The van der Waals surface area contributed by atoms with Gasteiger partial charge in [0, 0.05) is 24.0 Å². The van der Waals surface area contributed by atoms with E-state index in [0.717, 1.165) is 0 Å². The molecule has 6 nitrogen and oxygen atoms in total. The quantitative estimate of drug-likeness (QED) is 0.363. The minimum absolute atomic E-state index is 0.0349. The maximum absolute atomic E-state index is 11.8. The zero-order valence-electron chi connectivity index (χ0n) is 14.9. The van der Waals surface area contributed by atoms with Crippen molar-refractivity contribution in [3.8, 4) is 0 Å². The van der Waals surface area contributed by atoms with Crippen molar-refractivity contribution in [3.05, 3.63) is 46.5 Å². The van der Waals surface area contributed by atoms with Gasteiger partial charge in [0.1, 0.15) is 12.6 Å². The molecule has 1 aromatic rings. The number of rotatable bonds is 10. The summed E-state index contributed by atoms with van der Waals surface area (Å²) in [4.78, 5) is 45.1. The molecule has 1 rings (SSSR count). The number of carbonyl (C=O) groups is 4. The number of hydrogen-bond acceptors (Lipinski definition) is 6. The highest BCUT2D eigenvalue weighted by Gasteiger charge is 2.11. The van der Waals surface area contributed by atoms with Gasteiger partial charge < -0.3 is 19.1 Å². The Morgan fingerprint density at radius 1 is 0.769 bits per heavy atom. The summed E-state index contributed by atoms with van der Waals surface area (Å²) in [7, 11) is 0. The molecule has 0 amide bonds. The molecular weight excluding hydrogens is 336 g/mol. The fourth-order valence-corrected chi connectivity index (χ4v) is 2.12. The van der Waals surface area contributed by atoms with Gasteiger partial charge in [-0.05, 0) is 37.1 Å². The summed E-state index contributed by atoms with van der Waals surface area (Å²) in [6.07, 6.45) is 4.38. The molecule has 0 aromatic heterocycles. The average molecular weight is 358 g/mol. The van der Waals surface area contributed by atoms with E-state index in [2.05, 4.69) is 0 Å². The first-order valence-corrected chi connectivity index (χ1v) is 8.28. The van der Waals surface area contributed by atoms with Crippen LogP contribution in [0.5, 0.6) is 0 Å². The first kappa shape index (κ1) is 21.0. The van der Waals surface area contributed by atoms with Crippen molar-refractivity contribution in [2.45, 2.75) is 26.7 Å². The lowest BCUT2D eigenvalue weighted by Crippen LogP contribution is -2.08. The minimum Gasteiger partial charge on any atom is -0.463 e. The Balaban J connectivity index is 3.04. The molecule has 0 bridgehead atoms. The van der Waals surface area contributed by atoms with Crippen LogP contribution in [0.25, 0.3) is 12.2 Å². The summed E-state index contributed by atoms with van der Waals surface area (Å²) < 4.78 is 9.84. The molecule has 0 aliphatic heterocycles. The van der Waals surface area contributed by atoms with Crippen molar-refractivity contribution < 1.29 is 28.7 Å². The van der Waals surface area contributed by atoms with Crippen LogP contribution in [0.2, 0.25) is 0 Å². The Labute approximate surface area is 152 Å². The topological polar surface area (TPSA) is 86.7 Å². The highest BCUT2D eigenvalue weighted by atomic mass is 16.5. The van der Waals surface area contributed by atoms with Gasteiger partial charge in [-0.15, -0.1) is 0 Å². The summed E-state index contributed by atoms with van der Waals surface area (Å²) in [5.74, 6) is -1.06. The smallest absolute Gasteiger partial charge is 0.334 e. The van der Waals surface area contributed by atoms with Gasteiger partial charge in [0.15, 0.2) is 0 Å². The van der Waals surface area contributed by atoms with E-state index >= 15 is 0 Å². The van der Waals surface area contributed by atoms with Crippen molar-refractivity contribution in [1.82, 2.24) is 0 Å². The highest BCUT2D eigenvalue weighted by molar-refractivity contribution is 5.97. The van der Waals surface area contributed by atoms with E-state index in [1.165, 1.54) is 0 Å². The summed E-state index contributed by atoms with van der Waals surface area (Å²) in [5.41, 5.74) is 1.94. The van der Waals surface area contributed by atoms with Crippen molar-refractivity contribution in [1.29, 1.82) is 0 Å². The molecule has 0 fully saturated rings. The number of aldehydes is 2. The lowest BCUT2D eigenvalue weighted by Gasteiger charge is -2.05. The van der Waals surface area contributed by atoms with E-state index in [9.17, 15) is 19.2 Å². The zero-order chi connectivity index (χ0) is 19.4. The number of benzene rings is 1. The van der Waals surface area contributed by atoms with Crippen LogP contribution < -0.4 is 0 Å². The molecule has 1 aromatic carbocycles. The number of ether oxygens (including phenoxy) is 2. The molecular formula is C20H22O6. The molecule has 0 unspecified atom stereocenters. The Morgan fingerprint density at radius 2 is 1.12 bits per heavy atom. The number of esters is 2. The maximum atomic E-state index is 11.8. The third kappa shape index (κ3) is 6.84. The van der Waals surface area contributed by atoms with Gasteiger partial charge in [-0.25, -0.2) is 9.59 Å². The molecule has 6 heteroatoms. The van der Waals surface area contributed by atoms with Crippen LogP contribution in [0.3, 0.4) is 0 Å². The second-order valence-electron chi connectivity index (χ2n) is 5.19. The van der Waals surface area contributed by atoms with E-state index < -0.39 is 11.9 Å². The normalized spacial score (nSPS) is 11.6. The molecule has 0 atom stereocenters. The molecule has 0 aliphatic rings. The van der Waals surface area contributed by atoms with Crippen LogP contribution in [0, 0.1) is 0 Å². The SMILES string of the molecule is CCOC(=O)C(=Cc1ccc(C=C(CC=O)C(=O)OCC)cc1)CC=O. The Bertz CT molecular complexity index is 637. The zero-order valence-corrected chi connectivity index (χ0v) is 14.9. The molecule has 0 saturated heterocycles. The van der Waals surface area contributed by atoms with Crippen LogP contribution in [0.15, 0.2) is 35.4 Å². The van der Waals surface area contributed by atoms with Crippen molar-refractivity contribution in [2.75, 3.05) is 13.2 Å². The van der Waals surface area contributed by atoms with Gasteiger partial charge >= 0.3 is 11.9 Å². The fourth-order valence-electron chi connectivity index (χ4n) is 2.12. The van der Waals surface area contributed by atoms with Crippen LogP contribution in [0.4, 0.5) is 0 Å². The molecule has 0 N–H and O–H groups in total. The Hall–Kier alpha value is -3.02. The third-order valence-electron chi connectivity index (χ3n) is 3.30. The van der Waals surface area contributed by atoms with E-state index in [1.54, 1.807) is 50.3 Å². The number of hydrogen-bond donors (Lipinski definition) is 0. The van der Waals surface area contributed by atoms with Gasteiger partial charge in [0.05, 0.1) is 13.2 Å². The van der Waals surface area contributed by atoms with Gasteiger partial charge in [-0.3, -0.25) is 0 Å². The third-order valence-corrected chi connectivity index (χ3v) is 3.30. The summed E-state index contributed by atoms with van der Waals surface area (Å²) >= 11 is 0. The van der Waals surface area contributed by atoms with E-state index in [0.29, 0.717) is 23.7 Å². The van der Waals surface area contributed by atoms with Crippen LogP contribution in [-0.4, -0.2) is 37.7 Å². The van der Waals surface area contributed by atoms with Gasteiger partial charge in [-0.2, -0.15) is 0 Å². The first-order valence-electron chi connectivity index (χ1n) is 8.28. The molecule has 0 spiro atoms. The summed E-state index contributed by atoms with van der Waals surface area (Å²) in [5, 5.41) is 0. The Kier molecular flexibility index (Phi) is 9.31. The molecule has 0 radical (unpaired) electrons. The van der Waals surface area contributed by atoms with Crippen molar-refractivity contribution in [2.24, 2.45) is 0 Å². The van der Waals surface area contributed by atoms with Gasteiger partial charge in [-0.1, -0.05) is 24.3 Å². The van der Waals surface area contributed by atoms with E-state index in [4.69, 9.17) is 9.47 Å². The van der Waals surface area contributed by atoms with Crippen LogP contribution in [-0.2, 0) is 28.7 Å². The molecule has 26 heavy (non-hydrogen) atoms. The van der Waals surface area contributed by atoms with E-state index in [1.807, 2.05) is 0 Å². The standard InChI is InChI=1S/C20H22O6/c1-3-25-19(23)17(9-11-21)13-15-5-7-16(8-6-15)14-18(10-12-22)20(24)26-4-2/h5-8,11-14H,3-4,9-10H2,1-2H3. The first-order chi connectivity index (χ1) is 12.5. The maximum Gasteiger partial charge on any atom is 0.334 e. The van der Waals surface area contributed by atoms with Gasteiger partial charge in [0.25, 0.3) is 0 Å². The summed E-state index contributed by atoms with van der Waals surface area (Å²) in [6, 6.07) is 6.94. The molecule has 138 valence electrons. The van der Waals surface area contributed by atoms with Crippen molar-refractivity contribution in [3.63, 3.8) is 0 Å². The minimum atomic E-state index is -0.529. The Morgan fingerprint density at radius 3 is 1.38 bits per heavy atom. The van der Waals surface area contributed by atoms with E-state index in [-0.39, 0.29) is 37.2 Å². The predicted octanol–water partition coefficient (Wildman–Crippen LogP) is 2.76. The average Bonchev–Trinajstić information content (AvgIpc) is 2.63. The van der Waals surface area contributed by atoms with Crippen LogP contribution >= 0.6 is 0 Å². The molecule has 0 aliphatic carbocycles. The van der Waals surface area contributed by atoms with Gasteiger partial charge in [0.2, 0.25) is 0 Å². The lowest BCUT2D eigenvalue weighted by molar-refractivity contribution is -0.139. The number of carbonyl (C=O) groups excluding carboxylic acids is 4. The lowest BCUT2D eigenvalue weighted by atomic mass is 10.0.